The maximum absolute atomic E-state index is 5.98. The summed E-state index contributed by atoms with van der Waals surface area (Å²) < 4.78 is 2.17. The first-order valence-corrected chi connectivity index (χ1v) is 7.75. The predicted molar refractivity (Wildman–Crippen MR) is 90.4 cm³/mol. The lowest BCUT2D eigenvalue weighted by Gasteiger charge is -2.10. The number of hydrogen-bond acceptors (Lipinski definition) is 1. The van der Waals surface area contributed by atoms with E-state index >= 15 is 0 Å². The summed E-state index contributed by atoms with van der Waals surface area (Å²) in [6.45, 7) is 2.90. The molecule has 0 aliphatic heterocycles. The fourth-order valence-electron chi connectivity index (χ4n) is 1.63. The number of benzene rings is 2. The minimum atomic E-state index is 0.740. The average molecular weight is 437 g/mol. The molecule has 2 aromatic rings. The number of rotatable bonds is 3. The molecule has 0 radical (unpaired) electrons. The largest absolute Gasteiger partial charge is 0.381 e. The Balaban J connectivity index is 2.11. The standard InChI is InChI=1S/C14H12BrClIN/c1-9-2-4-11(17)7-14(9)18-8-10-3-5-13(16)12(15)6-10/h2-7,18H,8H2,1H3. The Morgan fingerprint density at radius 3 is 2.72 bits per heavy atom. The quantitative estimate of drug-likeness (QED) is 0.615. The highest BCUT2D eigenvalue weighted by molar-refractivity contribution is 14.1. The minimum absolute atomic E-state index is 0.740. The third-order valence-electron chi connectivity index (χ3n) is 2.67. The van der Waals surface area contributed by atoms with E-state index in [1.807, 2.05) is 18.2 Å². The fraction of sp³-hybridized carbons (Fsp3) is 0.143. The Morgan fingerprint density at radius 2 is 2.00 bits per heavy atom. The van der Waals surface area contributed by atoms with E-state index in [4.69, 9.17) is 11.6 Å². The Labute approximate surface area is 134 Å². The van der Waals surface area contributed by atoms with Gasteiger partial charge in [-0.3, -0.25) is 0 Å². The van der Waals surface area contributed by atoms with E-state index in [0.29, 0.717) is 0 Å². The molecular formula is C14H12BrClIN. The van der Waals surface area contributed by atoms with Crippen molar-refractivity contribution in [3.63, 3.8) is 0 Å². The highest BCUT2D eigenvalue weighted by atomic mass is 127. The summed E-state index contributed by atoms with van der Waals surface area (Å²) in [5.41, 5.74) is 3.63. The van der Waals surface area contributed by atoms with Crippen LogP contribution in [0, 0.1) is 10.5 Å². The van der Waals surface area contributed by atoms with E-state index in [-0.39, 0.29) is 0 Å². The van der Waals surface area contributed by atoms with Gasteiger partial charge >= 0.3 is 0 Å². The third kappa shape index (κ3) is 3.62. The SMILES string of the molecule is Cc1ccc(I)cc1NCc1ccc(Cl)c(Br)c1. The van der Waals surface area contributed by atoms with Gasteiger partial charge in [0.2, 0.25) is 0 Å². The van der Waals surface area contributed by atoms with Crippen molar-refractivity contribution in [2.45, 2.75) is 13.5 Å². The van der Waals surface area contributed by atoms with Gasteiger partial charge in [0.05, 0.1) is 5.02 Å². The van der Waals surface area contributed by atoms with Crippen LogP contribution in [0.4, 0.5) is 5.69 Å². The van der Waals surface area contributed by atoms with Gasteiger partial charge in [0.1, 0.15) is 0 Å². The van der Waals surface area contributed by atoms with Gasteiger partial charge in [0.25, 0.3) is 0 Å². The summed E-state index contributed by atoms with van der Waals surface area (Å²) in [6.07, 6.45) is 0. The molecule has 0 bridgehead atoms. The van der Waals surface area contributed by atoms with Crippen LogP contribution >= 0.6 is 50.1 Å². The number of aryl methyl sites for hydroxylation is 1. The van der Waals surface area contributed by atoms with Crippen molar-refractivity contribution in [3.05, 3.63) is 60.6 Å². The van der Waals surface area contributed by atoms with Crippen molar-refractivity contribution >= 4 is 55.8 Å². The topological polar surface area (TPSA) is 12.0 Å². The van der Waals surface area contributed by atoms with Crippen LogP contribution in [0.1, 0.15) is 11.1 Å². The first-order chi connectivity index (χ1) is 8.56. The zero-order chi connectivity index (χ0) is 13.1. The molecule has 0 fully saturated rings. The molecule has 18 heavy (non-hydrogen) atoms. The molecule has 0 saturated carbocycles. The third-order valence-corrected chi connectivity index (χ3v) is 4.55. The Kier molecular flexibility index (Phi) is 4.92. The minimum Gasteiger partial charge on any atom is -0.381 e. The van der Waals surface area contributed by atoms with Gasteiger partial charge in [-0.2, -0.15) is 0 Å². The van der Waals surface area contributed by atoms with Gasteiger partial charge in [-0.05, 0) is 80.8 Å². The number of anilines is 1. The summed E-state index contributed by atoms with van der Waals surface area (Å²) in [4.78, 5) is 0. The summed E-state index contributed by atoms with van der Waals surface area (Å²) in [7, 11) is 0. The van der Waals surface area contributed by atoms with Crippen LogP contribution in [0.15, 0.2) is 40.9 Å². The maximum atomic E-state index is 5.98. The van der Waals surface area contributed by atoms with Gasteiger partial charge in [0.15, 0.2) is 0 Å². The molecule has 1 nitrogen and oxygen atoms in total. The Hall–Kier alpha value is -0.260. The van der Waals surface area contributed by atoms with E-state index in [1.54, 1.807) is 0 Å². The predicted octanol–water partition coefficient (Wildman–Crippen LogP) is 5.63. The molecule has 0 aliphatic carbocycles. The summed E-state index contributed by atoms with van der Waals surface area (Å²) in [6, 6.07) is 12.4. The van der Waals surface area contributed by atoms with Gasteiger partial charge in [-0.1, -0.05) is 23.7 Å². The van der Waals surface area contributed by atoms with E-state index in [0.717, 1.165) is 16.0 Å². The van der Waals surface area contributed by atoms with E-state index in [1.165, 1.54) is 20.4 Å². The van der Waals surface area contributed by atoms with E-state index in [2.05, 4.69) is 69.0 Å². The Bertz CT molecular complexity index is 572. The van der Waals surface area contributed by atoms with E-state index in [9.17, 15) is 0 Å². The summed E-state index contributed by atoms with van der Waals surface area (Å²) in [5, 5.41) is 4.19. The molecule has 0 saturated heterocycles. The molecule has 4 heteroatoms. The molecule has 0 aromatic heterocycles. The first-order valence-electron chi connectivity index (χ1n) is 5.50. The molecule has 1 N–H and O–H groups in total. The second kappa shape index (κ2) is 6.26. The first kappa shape index (κ1) is 14.2. The van der Waals surface area contributed by atoms with Crippen molar-refractivity contribution in [3.8, 4) is 0 Å². The molecule has 0 spiro atoms. The molecule has 2 rings (SSSR count). The lowest BCUT2D eigenvalue weighted by atomic mass is 10.2. The smallest absolute Gasteiger partial charge is 0.0548 e. The number of hydrogen-bond donors (Lipinski definition) is 1. The molecule has 2 aromatic carbocycles. The van der Waals surface area contributed by atoms with Gasteiger partial charge in [0, 0.05) is 20.3 Å². The molecule has 94 valence electrons. The monoisotopic (exact) mass is 435 g/mol. The number of halogens is 3. The summed E-state index contributed by atoms with van der Waals surface area (Å²) >= 11 is 11.7. The molecule has 0 heterocycles. The van der Waals surface area contributed by atoms with Crippen LogP contribution in [0.3, 0.4) is 0 Å². The van der Waals surface area contributed by atoms with Crippen molar-refractivity contribution < 1.29 is 0 Å². The van der Waals surface area contributed by atoms with Crippen molar-refractivity contribution in [2.75, 3.05) is 5.32 Å². The average Bonchev–Trinajstić information content (AvgIpc) is 2.34. The Morgan fingerprint density at radius 1 is 1.22 bits per heavy atom. The lowest BCUT2D eigenvalue weighted by Crippen LogP contribution is -2.01. The fourth-order valence-corrected chi connectivity index (χ4v) is 2.67. The zero-order valence-electron chi connectivity index (χ0n) is 9.81. The van der Waals surface area contributed by atoms with Crippen LogP contribution < -0.4 is 5.32 Å². The summed E-state index contributed by atoms with van der Waals surface area (Å²) in [5.74, 6) is 0. The molecular weight excluding hydrogens is 424 g/mol. The number of nitrogens with one attached hydrogen (secondary N) is 1. The normalized spacial score (nSPS) is 10.4. The van der Waals surface area contributed by atoms with E-state index < -0.39 is 0 Å². The second-order valence-corrected chi connectivity index (χ2v) is 6.57. The van der Waals surface area contributed by atoms with Gasteiger partial charge in [-0.25, -0.2) is 0 Å². The zero-order valence-corrected chi connectivity index (χ0v) is 14.3. The van der Waals surface area contributed by atoms with Crippen LogP contribution in [-0.4, -0.2) is 0 Å². The second-order valence-electron chi connectivity index (χ2n) is 4.06. The van der Waals surface area contributed by atoms with Crippen LogP contribution in [0.2, 0.25) is 5.02 Å². The highest BCUT2D eigenvalue weighted by Crippen LogP contribution is 2.24. The van der Waals surface area contributed by atoms with Crippen molar-refractivity contribution in [1.29, 1.82) is 0 Å². The van der Waals surface area contributed by atoms with Crippen molar-refractivity contribution in [1.82, 2.24) is 0 Å². The molecule has 0 atom stereocenters. The van der Waals surface area contributed by atoms with Crippen molar-refractivity contribution in [2.24, 2.45) is 0 Å². The molecule has 0 amide bonds. The maximum Gasteiger partial charge on any atom is 0.0548 e. The van der Waals surface area contributed by atoms with Crippen LogP contribution in [0.25, 0.3) is 0 Å². The molecule has 0 unspecified atom stereocenters. The molecule has 0 aliphatic rings. The lowest BCUT2D eigenvalue weighted by molar-refractivity contribution is 1.14. The highest BCUT2D eigenvalue weighted by Gasteiger charge is 2.01. The van der Waals surface area contributed by atoms with Crippen LogP contribution in [0.5, 0.6) is 0 Å². The van der Waals surface area contributed by atoms with Gasteiger partial charge < -0.3 is 5.32 Å². The van der Waals surface area contributed by atoms with Gasteiger partial charge in [-0.15, -0.1) is 0 Å². The van der Waals surface area contributed by atoms with Crippen LogP contribution in [-0.2, 0) is 6.54 Å².